The van der Waals surface area contributed by atoms with Crippen LogP contribution in [0.25, 0.3) is 11.3 Å². The van der Waals surface area contributed by atoms with Gasteiger partial charge in [0.25, 0.3) is 5.56 Å². The Bertz CT molecular complexity index is 1080. The molecule has 0 atom stereocenters. The van der Waals surface area contributed by atoms with E-state index < -0.39 is 0 Å². The maximum Gasteiger partial charge on any atom is 0.252 e. The fourth-order valence-corrected chi connectivity index (χ4v) is 2.64. The number of para-hydroxylation sites is 1. The molecule has 0 saturated carbocycles. The van der Waals surface area contributed by atoms with Crippen LogP contribution in [0.15, 0.2) is 95.8 Å². The number of benzene rings is 3. The molecule has 5 heteroatoms. The number of rotatable bonds is 5. The van der Waals surface area contributed by atoms with Gasteiger partial charge in [0.15, 0.2) is 0 Å². The highest BCUT2D eigenvalue weighted by atomic mass is 16.5. The number of hydrogen-bond acceptors (Lipinski definition) is 4. The molecule has 5 nitrogen and oxygen atoms in total. The first-order valence-electron chi connectivity index (χ1n) is 8.53. The quantitative estimate of drug-likeness (QED) is 0.530. The van der Waals surface area contributed by atoms with Crippen molar-refractivity contribution in [3.63, 3.8) is 0 Å². The molecule has 3 aromatic carbocycles. The summed E-state index contributed by atoms with van der Waals surface area (Å²) in [4.78, 5) is 19.2. The van der Waals surface area contributed by atoms with Crippen LogP contribution < -0.4 is 15.6 Å². The van der Waals surface area contributed by atoms with E-state index in [-0.39, 0.29) is 5.56 Å². The summed E-state index contributed by atoms with van der Waals surface area (Å²) >= 11 is 0. The van der Waals surface area contributed by atoms with Crippen LogP contribution in [0, 0.1) is 0 Å². The van der Waals surface area contributed by atoms with Gasteiger partial charge in [0.1, 0.15) is 11.5 Å². The molecular formula is C22H17N3O2. The first-order chi connectivity index (χ1) is 13.3. The van der Waals surface area contributed by atoms with Crippen molar-refractivity contribution in [3.8, 4) is 22.8 Å². The van der Waals surface area contributed by atoms with Crippen molar-refractivity contribution in [2.45, 2.75) is 0 Å². The molecule has 0 radical (unpaired) electrons. The zero-order valence-corrected chi connectivity index (χ0v) is 14.4. The predicted octanol–water partition coefficient (Wildman–Crippen LogP) is 4.97. The molecule has 0 amide bonds. The van der Waals surface area contributed by atoms with Crippen molar-refractivity contribution < 1.29 is 4.74 Å². The van der Waals surface area contributed by atoms with Crippen LogP contribution in [0.2, 0.25) is 0 Å². The maximum absolute atomic E-state index is 12.0. The highest BCUT2D eigenvalue weighted by Gasteiger charge is 2.05. The van der Waals surface area contributed by atoms with Crippen LogP contribution in [-0.2, 0) is 0 Å². The molecule has 0 spiro atoms. The van der Waals surface area contributed by atoms with Gasteiger partial charge in [0.05, 0.1) is 5.69 Å². The molecule has 4 aromatic rings. The number of H-pyrrole nitrogens is 1. The normalized spacial score (nSPS) is 10.4. The Morgan fingerprint density at radius 3 is 2.11 bits per heavy atom. The summed E-state index contributed by atoms with van der Waals surface area (Å²) in [7, 11) is 0. The number of aromatic nitrogens is 2. The lowest BCUT2D eigenvalue weighted by Crippen LogP contribution is -2.10. The number of anilines is 2. The van der Waals surface area contributed by atoms with E-state index >= 15 is 0 Å². The van der Waals surface area contributed by atoms with Gasteiger partial charge in [-0.25, -0.2) is 4.98 Å². The monoisotopic (exact) mass is 355 g/mol. The fraction of sp³-hybridized carbons (Fsp3) is 0. The standard InChI is InChI=1S/C22H17N3O2/c26-21-15-20(16-7-3-1-4-8-16)24-22(25-21)23-17-11-13-19(14-12-17)27-18-9-5-2-6-10-18/h1-15H,(H2,23,24,25,26). The zero-order chi connectivity index (χ0) is 18.5. The Morgan fingerprint density at radius 2 is 1.41 bits per heavy atom. The largest absolute Gasteiger partial charge is 0.457 e. The zero-order valence-electron chi connectivity index (χ0n) is 14.4. The van der Waals surface area contributed by atoms with Gasteiger partial charge in [0.2, 0.25) is 5.95 Å². The molecule has 0 bridgehead atoms. The summed E-state index contributed by atoms with van der Waals surface area (Å²) < 4.78 is 5.78. The van der Waals surface area contributed by atoms with E-state index in [1.807, 2.05) is 84.9 Å². The molecule has 132 valence electrons. The van der Waals surface area contributed by atoms with E-state index in [9.17, 15) is 4.79 Å². The van der Waals surface area contributed by atoms with Crippen molar-refractivity contribution >= 4 is 11.6 Å². The third-order valence-electron chi connectivity index (χ3n) is 3.91. The molecule has 4 rings (SSSR count). The summed E-state index contributed by atoms with van der Waals surface area (Å²) in [5.41, 5.74) is 2.09. The van der Waals surface area contributed by atoms with Crippen LogP contribution >= 0.6 is 0 Å². The van der Waals surface area contributed by atoms with Gasteiger partial charge in [-0.2, -0.15) is 0 Å². The van der Waals surface area contributed by atoms with Crippen LogP contribution in [0.1, 0.15) is 0 Å². The second-order valence-corrected chi connectivity index (χ2v) is 5.91. The molecule has 1 aromatic heterocycles. The van der Waals surface area contributed by atoms with Crippen LogP contribution in [0.5, 0.6) is 11.5 Å². The van der Waals surface area contributed by atoms with Crippen LogP contribution in [-0.4, -0.2) is 9.97 Å². The Kier molecular flexibility index (Phi) is 4.66. The Balaban J connectivity index is 1.52. The average molecular weight is 355 g/mol. The van der Waals surface area contributed by atoms with Crippen molar-refractivity contribution in [2.75, 3.05) is 5.32 Å². The summed E-state index contributed by atoms with van der Waals surface area (Å²) in [5, 5.41) is 3.12. The minimum Gasteiger partial charge on any atom is -0.457 e. The van der Waals surface area contributed by atoms with E-state index in [0.29, 0.717) is 11.6 Å². The topological polar surface area (TPSA) is 67.0 Å². The predicted molar refractivity (Wildman–Crippen MR) is 107 cm³/mol. The lowest BCUT2D eigenvalue weighted by atomic mass is 10.1. The smallest absolute Gasteiger partial charge is 0.252 e. The number of nitrogens with one attached hydrogen (secondary N) is 2. The van der Waals surface area contributed by atoms with Gasteiger partial charge in [-0.3, -0.25) is 9.78 Å². The molecule has 27 heavy (non-hydrogen) atoms. The van der Waals surface area contributed by atoms with Gasteiger partial charge in [-0.1, -0.05) is 48.5 Å². The van der Waals surface area contributed by atoms with Crippen molar-refractivity contribution in [3.05, 3.63) is 101 Å². The summed E-state index contributed by atoms with van der Waals surface area (Å²) in [5.74, 6) is 1.89. The minimum absolute atomic E-state index is 0.213. The highest BCUT2D eigenvalue weighted by molar-refractivity contribution is 5.62. The molecule has 0 unspecified atom stereocenters. The van der Waals surface area contributed by atoms with Crippen LogP contribution in [0.4, 0.5) is 11.6 Å². The molecular weight excluding hydrogens is 338 g/mol. The molecule has 1 heterocycles. The molecule has 0 aliphatic heterocycles. The van der Waals surface area contributed by atoms with Gasteiger partial charge in [-0.15, -0.1) is 0 Å². The van der Waals surface area contributed by atoms with Crippen LogP contribution in [0.3, 0.4) is 0 Å². The second kappa shape index (κ2) is 7.58. The Morgan fingerprint density at radius 1 is 0.778 bits per heavy atom. The second-order valence-electron chi connectivity index (χ2n) is 5.91. The highest BCUT2D eigenvalue weighted by Crippen LogP contribution is 2.24. The Labute approximate surface area is 156 Å². The SMILES string of the molecule is O=c1cc(-c2ccccc2)nc(Nc2ccc(Oc3ccccc3)cc2)[nH]1. The summed E-state index contributed by atoms with van der Waals surface area (Å²) in [6.45, 7) is 0. The number of ether oxygens (including phenoxy) is 1. The molecule has 0 aliphatic carbocycles. The molecule has 2 N–H and O–H groups in total. The molecule has 0 fully saturated rings. The summed E-state index contributed by atoms with van der Waals surface area (Å²) in [6.07, 6.45) is 0. The Hall–Kier alpha value is -3.86. The first kappa shape index (κ1) is 16.6. The number of hydrogen-bond donors (Lipinski definition) is 2. The van der Waals surface area contributed by atoms with Gasteiger partial charge < -0.3 is 10.1 Å². The minimum atomic E-state index is -0.213. The molecule has 0 aliphatic rings. The lowest BCUT2D eigenvalue weighted by molar-refractivity contribution is 0.483. The van der Waals surface area contributed by atoms with E-state index in [2.05, 4.69) is 15.3 Å². The maximum atomic E-state index is 12.0. The number of nitrogens with zero attached hydrogens (tertiary/aromatic N) is 1. The third-order valence-corrected chi connectivity index (χ3v) is 3.91. The van der Waals surface area contributed by atoms with E-state index in [1.165, 1.54) is 6.07 Å². The van der Waals surface area contributed by atoms with E-state index in [4.69, 9.17) is 4.74 Å². The van der Waals surface area contributed by atoms with Gasteiger partial charge in [0, 0.05) is 17.3 Å². The molecule has 0 saturated heterocycles. The van der Waals surface area contributed by atoms with Crippen molar-refractivity contribution in [2.24, 2.45) is 0 Å². The fourth-order valence-electron chi connectivity index (χ4n) is 2.64. The van der Waals surface area contributed by atoms with Gasteiger partial charge >= 0.3 is 0 Å². The van der Waals surface area contributed by atoms with Crippen molar-refractivity contribution in [1.29, 1.82) is 0 Å². The van der Waals surface area contributed by atoms with Gasteiger partial charge in [-0.05, 0) is 36.4 Å². The van der Waals surface area contributed by atoms with Crippen molar-refractivity contribution in [1.82, 2.24) is 9.97 Å². The van der Waals surface area contributed by atoms with E-state index in [0.717, 1.165) is 22.7 Å². The first-order valence-corrected chi connectivity index (χ1v) is 8.53. The average Bonchev–Trinajstić information content (AvgIpc) is 2.71. The third kappa shape index (κ3) is 4.22. The van der Waals surface area contributed by atoms with E-state index in [1.54, 1.807) is 0 Å². The summed E-state index contributed by atoms with van der Waals surface area (Å²) in [6, 6.07) is 28.1. The lowest BCUT2D eigenvalue weighted by Gasteiger charge is -2.09. The number of aromatic amines is 1.